The number of anilines is 3. The van der Waals surface area contributed by atoms with Gasteiger partial charge in [-0.05, 0) is 55.0 Å². The summed E-state index contributed by atoms with van der Waals surface area (Å²) in [7, 11) is 1.59. The number of benzene rings is 3. The number of aryl methyl sites for hydroxylation is 1. The Kier molecular flexibility index (Phi) is 7.28. The van der Waals surface area contributed by atoms with E-state index in [-0.39, 0.29) is 11.4 Å². The van der Waals surface area contributed by atoms with Gasteiger partial charge in [0.05, 0.1) is 18.5 Å². The summed E-state index contributed by atoms with van der Waals surface area (Å²) >= 11 is 0. The molecule has 0 unspecified atom stereocenters. The monoisotopic (exact) mass is 525 g/mol. The van der Waals surface area contributed by atoms with Crippen molar-refractivity contribution in [2.75, 3.05) is 35.7 Å². The Morgan fingerprint density at radius 2 is 1.56 bits per heavy atom. The number of carbonyl (C=O) groups is 1. The third kappa shape index (κ3) is 5.90. The predicted molar refractivity (Wildman–Crippen MR) is 157 cm³/mol. The summed E-state index contributed by atoms with van der Waals surface area (Å²) in [6, 6.07) is 18.8. The summed E-state index contributed by atoms with van der Waals surface area (Å²) in [4.78, 5) is 24.6. The van der Waals surface area contributed by atoms with Crippen LogP contribution in [0.25, 0.3) is 10.8 Å². The summed E-state index contributed by atoms with van der Waals surface area (Å²) in [5, 5.41) is 7.66. The van der Waals surface area contributed by atoms with Crippen molar-refractivity contribution in [2.24, 2.45) is 0 Å². The largest absolute Gasteiger partial charge is 0.495 e. The molecule has 0 atom stereocenters. The minimum Gasteiger partial charge on any atom is -0.495 e. The fourth-order valence-corrected chi connectivity index (χ4v) is 4.77. The highest BCUT2D eigenvalue weighted by atomic mass is 16.5. The fourth-order valence-electron chi connectivity index (χ4n) is 4.77. The van der Waals surface area contributed by atoms with Crippen molar-refractivity contribution in [2.45, 2.75) is 46.0 Å². The summed E-state index contributed by atoms with van der Waals surface area (Å²) in [6.07, 6.45) is 2.30. The van der Waals surface area contributed by atoms with Crippen LogP contribution in [-0.2, 0) is 5.41 Å². The van der Waals surface area contributed by atoms with Gasteiger partial charge in [0.2, 0.25) is 11.8 Å². The van der Waals surface area contributed by atoms with Crippen LogP contribution in [-0.4, -0.2) is 36.2 Å². The van der Waals surface area contributed by atoms with Crippen LogP contribution in [0.4, 0.5) is 22.1 Å². The molecule has 2 N–H and O–H groups in total. The summed E-state index contributed by atoms with van der Waals surface area (Å²) in [5.41, 5.74) is 3.16. The number of hydrogen-bond acceptors (Lipinski definition) is 6. The molecular formula is C31H35N5O3. The molecule has 2 heterocycles. The molecule has 4 aromatic rings. The highest BCUT2D eigenvalue weighted by molar-refractivity contribution is 6.08. The van der Waals surface area contributed by atoms with E-state index in [1.54, 1.807) is 7.11 Å². The molecule has 1 aliphatic heterocycles. The predicted octanol–water partition coefficient (Wildman–Crippen LogP) is 7.28. The number of nitrogens with one attached hydrogen (secondary N) is 2. The lowest BCUT2D eigenvalue weighted by Crippen LogP contribution is -2.21. The maximum atomic E-state index is 13.1. The van der Waals surface area contributed by atoms with Crippen LogP contribution in [0.1, 0.15) is 44.9 Å². The number of aromatic nitrogens is 2. The Bertz CT molecular complexity index is 1510. The molecule has 1 fully saturated rings. The zero-order valence-electron chi connectivity index (χ0n) is 23.2. The molecule has 1 aromatic heterocycles. The lowest BCUT2D eigenvalue weighted by Gasteiger charge is -2.21. The highest BCUT2D eigenvalue weighted by Crippen LogP contribution is 2.35. The third-order valence-electron chi connectivity index (χ3n) is 6.87. The van der Waals surface area contributed by atoms with Crippen LogP contribution in [0.3, 0.4) is 0 Å². The SMILES string of the molecule is COc1ccc(C(C)(C)C)cc1NC(=O)Nc1ccc(Oc2cc(C)nc(N3CCCC3)n2)c2ccccc12. The molecule has 1 saturated heterocycles. The minimum absolute atomic E-state index is 0.0668. The normalized spacial score (nSPS) is 13.4. The van der Waals surface area contributed by atoms with Crippen LogP contribution in [0, 0.1) is 6.92 Å². The smallest absolute Gasteiger partial charge is 0.323 e. The van der Waals surface area contributed by atoms with Crippen LogP contribution in [0.5, 0.6) is 17.4 Å². The zero-order valence-corrected chi connectivity index (χ0v) is 23.2. The average Bonchev–Trinajstić information content (AvgIpc) is 3.44. The lowest BCUT2D eigenvalue weighted by atomic mass is 9.87. The Hall–Kier alpha value is -4.33. The number of ether oxygens (including phenoxy) is 2. The zero-order chi connectivity index (χ0) is 27.6. The van der Waals surface area contributed by atoms with Gasteiger partial charge in [-0.2, -0.15) is 4.98 Å². The van der Waals surface area contributed by atoms with Gasteiger partial charge in [0.25, 0.3) is 0 Å². The molecule has 2 amide bonds. The Balaban J connectivity index is 1.39. The Labute approximate surface area is 229 Å². The molecule has 1 aliphatic rings. The summed E-state index contributed by atoms with van der Waals surface area (Å²) < 4.78 is 11.8. The first kappa shape index (κ1) is 26.3. The summed E-state index contributed by atoms with van der Waals surface area (Å²) in [6.45, 7) is 10.3. The first-order valence-corrected chi connectivity index (χ1v) is 13.3. The second-order valence-corrected chi connectivity index (χ2v) is 10.8. The second-order valence-electron chi connectivity index (χ2n) is 10.8. The van der Waals surface area contributed by atoms with Crippen molar-refractivity contribution < 1.29 is 14.3 Å². The van der Waals surface area contributed by atoms with Crippen LogP contribution in [0.2, 0.25) is 0 Å². The highest BCUT2D eigenvalue weighted by Gasteiger charge is 2.19. The van der Waals surface area contributed by atoms with E-state index < -0.39 is 0 Å². The average molecular weight is 526 g/mol. The standard InChI is InChI=1S/C31H35N5O3/c1-20-18-28(35-29(32-20)36-16-8-9-17-36)39-26-15-13-24(22-10-6-7-11-23(22)26)33-30(37)34-25-19-21(31(2,3)4)12-14-27(25)38-5/h6-7,10-15,18-19H,8-9,16-17H2,1-5H3,(H2,33,34,37). The molecule has 202 valence electrons. The molecule has 3 aromatic carbocycles. The van der Waals surface area contributed by atoms with E-state index in [9.17, 15) is 4.79 Å². The molecule has 0 radical (unpaired) electrons. The number of rotatable bonds is 6. The van der Waals surface area contributed by atoms with Crippen molar-refractivity contribution in [3.63, 3.8) is 0 Å². The van der Waals surface area contributed by atoms with Gasteiger partial charge >= 0.3 is 6.03 Å². The minimum atomic E-state index is -0.361. The molecule has 39 heavy (non-hydrogen) atoms. The fraction of sp³-hybridized carbons (Fsp3) is 0.323. The number of fused-ring (bicyclic) bond motifs is 1. The van der Waals surface area contributed by atoms with E-state index in [1.807, 2.05) is 67.6 Å². The van der Waals surface area contributed by atoms with E-state index >= 15 is 0 Å². The van der Waals surface area contributed by atoms with Gasteiger partial charge in [0.15, 0.2) is 0 Å². The van der Waals surface area contributed by atoms with Gasteiger partial charge < -0.3 is 25.0 Å². The first-order valence-electron chi connectivity index (χ1n) is 13.3. The topological polar surface area (TPSA) is 88.6 Å². The number of nitrogens with zero attached hydrogens (tertiary/aromatic N) is 3. The molecule has 0 bridgehead atoms. The van der Waals surface area contributed by atoms with Crippen molar-refractivity contribution in [3.05, 3.63) is 71.9 Å². The van der Waals surface area contributed by atoms with E-state index in [0.29, 0.717) is 34.7 Å². The molecule has 0 saturated carbocycles. The number of carbonyl (C=O) groups excluding carboxylic acids is 1. The van der Waals surface area contributed by atoms with E-state index in [4.69, 9.17) is 9.47 Å². The summed E-state index contributed by atoms with van der Waals surface area (Å²) in [5.74, 6) is 2.45. The Morgan fingerprint density at radius 3 is 2.28 bits per heavy atom. The van der Waals surface area contributed by atoms with Gasteiger partial charge in [-0.3, -0.25) is 0 Å². The maximum absolute atomic E-state index is 13.1. The van der Waals surface area contributed by atoms with Gasteiger partial charge in [-0.15, -0.1) is 0 Å². The number of amides is 2. The van der Waals surface area contributed by atoms with Crippen molar-refractivity contribution in [3.8, 4) is 17.4 Å². The molecule has 0 spiro atoms. The van der Waals surface area contributed by atoms with Crippen molar-refractivity contribution >= 4 is 34.1 Å². The van der Waals surface area contributed by atoms with Gasteiger partial charge in [0, 0.05) is 35.6 Å². The van der Waals surface area contributed by atoms with Gasteiger partial charge in [-0.25, -0.2) is 9.78 Å². The third-order valence-corrected chi connectivity index (χ3v) is 6.87. The van der Waals surface area contributed by atoms with E-state index in [1.165, 1.54) is 0 Å². The van der Waals surface area contributed by atoms with Crippen LogP contribution in [0.15, 0.2) is 60.7 Å². The van der Waals surface area contributed by atoms with Crippen LogP contribution >= 0.6 is 0 Å². The number of urea groups is 1. The molecule has 0 aliphatic carbocycles. The van der Waals surface area contributed by atoms with E-state index in [2.05, 4.69) is 46.3 Å². The van der Waals surface area contributed by atoms with E-state index in [0.717, 1.165) is 48.0 Å². The van der Waals surface area contributed by atoms with Gasteiger partial charge in [0.1, 0.15) is 11.5 Å². The number of hydrogen-bond donors (Lipinski definition) is 2. The molecule has 8 nitrogen and oxygen atoms in total. The lowest BCUT2D eigenvalue weighted by molar-refractivity contribution is 0.262. The molecular weight excluding hydrogens is 490 g/mol. The quantitative estimate of drug-likeness (QED) is 0.275. The molecule has 5 rings (SSSR count). The second kappa shape index (κ2) is 10.8. The van der Waals surface area contributed by atoms with Gasteiger partial charge in [-0.1, -0.05) is 51.1 Å². The van der Waals surface area contributed by atoms with Crippen LogP contribution < -0.4 is 25.0 Å². The molecule has 8 heteroatoms. The maximum Gasteiger partial charge on any atom is 0.323 e. The Morgan fingerprint density at radius 1 is 0.872 bits per heavy atom. The van der Waals surface area contributed by atoms with Crippen molar-refractivity contribution in [1.29, 1.82) is 0 Å². The first-order chi connectivity index (χ1) is 18.7. The number of methoxy groups -OCH3 is 1. The van der Waals surface area contributed by atoms with Crippen molar-refractivity contribution in [1.82, 2.24) is 9.97 Å².